The summed E-state index contributed by atoms with van der Waals surface area (Å²) in [7, 11) is 3.25. The molecule has 1 heterocycles. The van der Waals surface area contributed by atoms with Crippen molar-refractivity contribution in [3.05, 3.63) is 77.4 Å². The van der Waals surface area contributed by atoms with Crippen LogP contribution in [0.3, 0.4) is 0 Å². The number of amides is 1. The van der Waals surface area contributed by atoms with Crippen molar-refractivity contribution < 1.29 is 23.7 Å². The molecule has 3 aromatic carbocycles. The molecule has 0 aliphatic carbocycles. The third kappa shape index (κ3) is 6.78. The van der Waals surface area contributed by atoms with Gasteiger partial charge in [-0.15, -0.1) is 0 Å². The molecule has 0 aromatic heterocycles. The van der Waals surface area contributed by atoms with Crippen LogP contribution >= 0.6 is 0 Å². The van der Waals surface area contributed by atoms with Crippen LogP contribution in [0.25, 0.3) is 0 Å². The lowest BCUT2D eigenvalue weighted by molar-refractivity contribution is 0.102. The van der Waals surface area contributed by atoms with Crippen LogP contribution in [0.15, 0.2) is 65.7 Å². The van der Waals surface area contributed by atoms with E-state index in [0.29, 0.717) is 43.5 Å². The number of para-hydroxylation sites is 1. The number of benzene rings is 3. The van der Waals surface area contributed by atoms with Crippen LogP contribution in [-0.2, 0) is 9.47 Å². The highest BCUT2D eigenvalue weighted by Gasteiger charge is 2.22. The Morgan fingerprint density at radius 1 is 0.919 bits per heavy atom. The second-order valence-electron chi connectivity index (χ2n) is 8.39. The van der Waals surface area contributed by atoms with Gasteiger partial charge >= 0.3 is 0 Å². The highest BCUT2D eigenvalue weighted by atomic mass is 16.5. The minimum atomic E-state index is -0.399. The van der Waals surface area contributed by atoms with Gasteiger partial charge in [0.2, 0.25) is 0 Å². The molecule has 0 unspecified atom stereocenters. The SMILES string of the molecule is COCCOc1cc2c(cc1OCCOC)[C@H](Nc1cccc(C(=O)Nc3ccccc3C)c1)N=CN2. The number of hydrogen-bond donors (Lipinski definition) is 3. The highest BCUT2D eigenvalue weighted by molar-refractivity contribution is 6.05. The molecule has 0 saturated carbocycles. The molecular formula is C28H32N4O5. The number of fused-ring (bicyclic) bond motifs is 1. The zero-order chi connectivity index (χ0) is 26.0. The molecule has 0 bridgehead atoms. The molecule has 37 heavy (non-hydrogen) atoms. The summed E-state index contributed by atoms with van der Waals surface area (Å²) in [6, 6.07) is 18.8. The van der Waals surface area contributed by atoms with Gasteiger partial charge in [0.05, 0.1) is 25.2 Å². The Hall–Kier alpha value is -4.08. The lowest BCUT2D eigenvalue weighted by Gasteiger charge is -2.25. The number of methoxy groups -OCH3 is 2. The van der Waals surface area contributed by atoms with E-state index in [0.717, 1.165) is 28.2 Å². The van der Waals surface area contributed by atoms with E-state index in [1.807, 2.05) is 61.5 Å². The van der Waals surface area contributed by atoms with E-state index in [4.69, 9.17) is 18.9 Å². The minimum absolute atomic E-state index is 0.182. The van der Waals surface area contributed by atoms with Crippen LogP contribution in [0.4, 0.5) is 17.1 Å². The highest BCUT2D eigenvalue weighted by Crippen LogP contribution is 2.39. The van der Waals surface area contributed by atoms with Gasteiger partial charge in [-0.2, -0.15) is 0 Å². The fourth-order valence-electron chi connectivity index (χ4n) is 3.81. The number of aliphatic imine (C=N–C) groups is 1. The summed E-state index contributed by atoms with van der Waals surface area (Å²) >= 11 is 0. The molecule has 3 aromatic rings. The number of hydrogen-bond acceptors (Lipinski definition) is 8. The van der Waals surface area contributed by atoms with Gasteiger partial charge in [-0.3, -0.25) is 4.79 Å². The van der Waals surface area contributed by atoms with Crippen molar-refractivity contribution in [1.82, 2.24) is 0 Å². The molecular weight excluding hydrogens is 472 g/mol. The summed E-state index contributed by atoms with van der Waals surface area (Å²) in [5, 5.41) is 9.57. The minimum Gasteiger partial charge on any atom is -0.487 e. The van der Waals surface area contributed by atoms with Gasteiger partial charge in [0.1, 0.15) is 19.4 Å². The molecule has 1 aliphatic rings. The van der Waals surface area contributed by atoms with Crippen molar-refractivity contribution in [2.75, 3.05) is 56.6 Å². The maximum Gasteiger partial charge on any atom is 0.255 e. The van der Waals surface area contributed by atoms with Crippen molar-refractivity contribution in [2.24, 2.45) is 4.99 Å². The molecule has 194 valence electrons. The topological polar surface area (TPSA) is 102 Å². The molecule has 1 atom stereocenters. The molecule has 0 spiro atoms. The van der Waals surface area contributed by atoms with Crippen molar-refractivity contribution in [3.63, 3.8) is 0 Å². The van der Waals surface area contributed by atoms with E-state index in [2.05, 4.69) is 20.9 Å². The number of rotatable bonds is 12. The average Bonchev–Trinajstić information content (AvgIpc) is 2.91. The molecule has 0 radical (unpaired) electrons. The van der Waals surface area contributed by atoms with Crippen LogP contribution < -0.4 is 25.4 Å². The Kier molecular flexibility index (Phi) is 8.96. The molecule has 3 N–H and O–H groups in total. The van der Waals surface area contributed by atoms with Crippen LogP contribution in [0.2, 0.25) is 0 Å². The van der Waals surface area contributed by atoms with Gasteiger partial charge in [-0.1, -0.05) is 24.3 Å². The number of nitrogens with one attached hydrogen (secondary N) is 3. The normalized spacial score (nSPS) is 13.9. The largest absolute Gasteiger partial charge is 0.487 e. The van der Waals surface area contributed by atoms with Gasteiger partial charge in [0.15, 0.2) is 11.5 Å². The Morgan fingerprint density at radius 2 is 1.65 bits per heavy atom. The zero-order valence-corrected chi connectivity index (χ0v) is 21.2. The van der Waals surface area contributed by atoms with Crippen molar-refractivity contribution in [1.29, 1.82) is 0 Å². The predicted molar refractivity (Wildman–Crippen MR) is 145 cm³/mol. The first-order chi connectivity index (χ1) is 18.1. The molecule has 1 aliphatic heterocycles. The van der Waals surface area contributed by atoms with Gasteiger partial charge in [0, 0.05) is 42.8 Å². The number of nitrogens with zero attached hydrogens (tertiary/aromatic N) is 1. The quantitative estimate of drug-likeness (QED) is 0.303. The van der Waals surface area contributed by atoms with Crippen LogP contribution in [0, 0.1) is 6.92 Å². The van der Waals surface area contributed by atoms with E-state index in [-0.39, 0.29) is 5.91 Å². The Morgan fingerprint density at radius 3 is 2.38 bits per heavy atom. The summed E-state index contributed by atoms with van der Waals surface area (Å²) in [5.74, 6) is 1.01. The van der Waals surface area contributed by atoms with Crippen molar-refractivity contribution in [3.8, 4) is 11.5 Å². The van der Waals surface area contributed by atoms with Crippen LogP contribution in [-0.4, -0.2) is 52.9 Å². The monoisotopic (exact) mass is 504 g/mol. The van der Waals surface area contributed by atoms with E-state index >= 15 is 0 Å². The van der Waals surface area contributed by atoms with Crippen LogP contribution in [0.5, 0.6) is 11.5 Å². The van der Waals surface area contributed by atoms with E-state index in [1.165, 1.54) is 0 Å². The average molecular weight is 505 g/mol. The second kappa shape index (κ2) is 12.8. The molecule has 0 saturated heterocycles. The Bertz CT molecular complexity index is 1250. The Balaban J connectivity index is 1.53. The summed E-state index contributed by atoms with van der Waals surface area (Å²) in [5.41, 5.74) is 4.80. The van der Waals surface area contributed by atoms with E-state index in [9.17, 15) is 4.79 Å². The smallest absolute Gasteiger partial charge is 0.255 e. The van der Waals surface area contributed by atoms with Crippen molar-refractivity contribution in [2.45, 2.75) is 13.1 Å². The molecule has 1 amide bonds. The lowest BCUT2D eigenvalue weighted by Crippen LogP contribution is -2.18. The third-order valence-corrected chi connectivity index (χ3v) is 5.77. The summed E-state index contributed by atoms with van der Waals surface area (Å²) in [6.45, 7) is 3.64. The first-order valence-electron chi connectivity index (χ1n) is 12.0. The second-order valence-corrected chi connectivity index (χ2v) is 8.39. The Labute approximate surface area is 216 Å². The van der Waals surface area contributed by atoms with Gasteiger partial charge in [-0.05, 0) is 42.8 Å². The van der Waals surface area contributed by atoms with Gasteiger partial charge in [0.25, 0.3) is 5.91 Å². The standard InChI is InChI=1S/C28H32N4O5/c1-19-7-4-5-10-23(19)32-28(33)20-8-6-9-21(15-20)31-27-22-16-25(36-13-11-34-2)26(37-14-12-35-3)17-24(22)29-18-30-27/h4-10,15-18,27,31H,11-14H2,1-3H3,(H,29,30)(H,32,33)/t27-/m0/s1. The summed E-state index contributed by atoms with van der Waals surface area (Å²) in [4.78, 5) is 17.5. The van der Waals surface area contributed by atoms with Gasteiger partial charge < -0.3 is 34.9 Å². The number of anilines is 3. The number of carbonyl (C=O) groups is 1. The first-order valence-corrected chi connectivity index (χ1v) is 12.0. The lowest BCUT2D eigenvalue weighted by atomic mass is 10.1. The molecule has 9 heteroatoms. The van der Waals surface area contributed by atoms with Gasteiger partial charge in [-0.25, -0.2) is 4.99 Å². The number of carbonyl (C=O) groups excluding carboxylic acids is 1. The maximum absolute atomic E-state index is 12.9. The summed E-state index contributed by atoms with van der Waals surface area (Å²) in [6.07, 6.45) is 1.24. The fourth-order valence-corrected chi connectivity index (χ4v) is 3.81. The molecule has 0 fully saturated rings. The van der Waals surface area contributed by atoms with Crippen molar-refractivity contribution >= 4 is 29.3 Å². The predicted octanol–water partition coefficient (Wildman–Crippen LogP) is 4.86. The molecule has 4 rings (SSSR count). The number of aryl methyl sites for hydroxylation is 1. The molecule has 9 nitrogen and oxygen atoms in total. The van der Waals surface area contributed by atoms with E-state index < -0.39 is 6.17 Å². The first kappa shape index (κ1) is 26.0. The summed E-state index contributed by atoms with van der Waals surface area (Å²) < 4.78 is 22.1. The fraction of sp³-hybridized carbons (Fsp3) is 0.286. The third-order valence-electron chi connectivity index (χ3n) is 5.77. The van der Waals surface area contributed by atoms with E-state index in [1.54, 1.807) is 26.6 Å². The zero-order valence-electron chi connectivity index (χ0n) is 21.2. The van der Waals surface area contributed by atoms with Crippen LogP contribution in [0.1, 0.15) is 27.7 Å². The maximum atomic E-state index is 12.9. The number of ether oxygens (including phenoxy) is 4.